The predicted molar refractivity (Wildman–Crippen MR) is 127 cm³/mol. The van der Waals surface area contributed by atoms with Crippen LogP contribution in [0.15, 0.2) is 58.8 Å². The molecule has 192 valence electrons. The predicted octanol–water partition coefficient (Wildman–Crippen LogP) is 5.49. The summed E-state index contributed by atoms with van der Waals surface area (Å²) in [4.78, 5) is 18.5. The van der Waals surface area contributed by atoms with Gasteiger partial charge in [0, 0.05) is 36.0 Å². The first-order valence-corrected chi connectivity index (χ1v) is 11.6. The molecule has 5 nitrogen and oxygen atoms in total. The maximum absolute atomic E-state index is 16.1. The average molecular weight is 527 g/mol. The van der Waals surface area contributed by atoms with E-state index < -0.39 is 35.8 Å². The summed E-state index contributed by atoms with van der Waals surface area (Å²) in [5.41, 5.74) is 5.35. The number of alkyl halides is 4. The number of hydrogen-bond acceptors (Lipinski definition) is 4. The fourth-order valence-electron chi connectivity index (χ4n) is 4.77. The molecule has 0 bridgehead atoms. The Bertz CT molecular complexity index is 1220. The van der Waals surface area contributed by atoms with Crippen LogP contribution in [0.5, 0.6) is 0 Å². The molecule has 1 saturated heterocycles. The number of halogens is 6. The third-order valence-corrected chi connectivity index (χ3v) is 6.80. The van der Waals surface area contributed by atoms with Crippen LogP contribution in [0.4, 0.5) is 27.6 Å². The molecular weight excluding hydrogens is 503 g/mol. The zero-order valence-corrected chi connectivity index (χ0v) is 20.1. The Balaban J connectivity index is 1.80. The van der Waals surface area contributed by atoms with Crippen LogP contribution >= 0.6 is 11.6 Å². The van der Waals surface area contributed by atoms with Gasteiger partial charge in [-0.15, -0.1) is 0 Å². The quantitative estimate of drug-likeness (QED) is 0.408. The van der Waals surface area contributed by atoms with E-state index in [0.29, 0.717) is 30.2 Å². The molecule has 36 heavy (non-hydrogen) atoms. The van der Waals surface area contributed by atoms with E-state index in [-0.39, 0.29) is 27.8 Å². The normalized spacial score (nSPS) is 23.7. The lowest BCUT2D eigenvalue weighted by Crippen LogP contribution is -2.43. The standard InChI is InChI=1S/C25H24ClF5N4O/c1-35-10-2-3-15(13-35)20-21(14-4-6-16(27)7-5-14)24(28,32)12-18(22(20)26)23(36)34-17-8-9-33-19(11-17)25(29,30)31/h4-9,11,15H,2-3,10,12-13,32H2,1H3,(H,33,34,36). The number of carbonyl (C=O) groups is 1. The van der Waals surface area contributed by atoms with Gasteiger partial charge < -0.3 is 10.2 Å². The first kappa shape index (κ1) is 26.2. The number of likely N-dealkylation sites (tertiary alicyclic amines) is 1. The van der Waals surface area contributed by atoms with Crippen LogP contribution in [0, 0.1) is 11.7 Å². The maximum atomic E-state index is 16.1. The summed E-state index contributed by atoms with van der Waals surface area (Å²) in [5, 5.41) is 2.36. The number of anilines is 1. The van der Waals surface area contributed by atoms with E-state index in [1.54, 1.807) is 0 Å². The zero-order valence-electron chi connectivity index (χ0n) is 19.3. The first-order valence-electron chi connectivity index (χ1n) is 11.3. The highest BCUT2D eigenvalue weighted by Crippen LogP contribution is 2.48. The third-order valence-electron chi connectivity index (χ3n) is 6.37. The number of hydrogen-bond donors (Lipinski definition) is 2. The van der Waals surface area contributed by atoms with Gasteiger partial charge in [-0.2, -0.15) is 13.2 Å². The monoisotopic (exact) mass is 526 g/mol. The van der Waals surface area contributed by atoms with Crippen molar-refractivity contribution in [2.24, 2.45) is 11.7 Å². The Labute approximate surface area is 209 Å². The molecule has 2 atom stereocenters. The number of amides is 1. The van der Waals surface area contributed by atoms with Crippen molar-refractivity contribution in [3.63, 3.8) is 0 Å². The Hall–Kier alpha value is -2.82. The van der Waals surface area contributed by atoms with E-state index in [9.17, 15) is 22.4 Å². The largest absolute Gasteiger partial charge is 0.433 e. The molecule has 2 aromatic rings. The van der Waals surface area contributed by atoms with Crippen LogP contribution in [-0.4, -0.2) is 41.7 Å². The van der Waals surface area contributed by atoms with Gasteiger partial charge in [-0.1, -0.05) is 23.7 Å². The molecule has 4 rings (SSSR count). The first-order chi connectivity index (χ1) is 16.9. The molecule has 0 radical (unpaired) electrons. The molecule has 1 aromatic carbocycles. The van der Waals surface area contributed by atoms with Crippen LogP contribution in [0.1, 0.15) is 30.5 Å². The van der Waals surface area contributed by atoms with Crippen molar-refractivity contribution < 1.29 is 26.7 Å². The molecule has 1 amide bonds. The molecule has 2 unspecified atom stereocenters. The van der Waals surface area contributed by atoms with Gasteiger partial charge in [-0.05, 0) is 67.8 Å². The van der Waals surface area contributed by atoms with Crippen molar-refractivity contribution in [1.29, 1.82) is 0 Å². The lowest BCUT2D eigenvalue weighted by molar-refractivity contribution is -0.141. The highest BCUT2D eigenvalue weighted by molar-refractivity contribution is 6.36. The number of piperidine rings is 1. The van der Waals surface area contributed by atoms with Crippen LogP contribution in [0.3, 0.4) is 0 Å². The van der Waals surface area contributed by atoms with Gasteiger partial charge in [0.15, 0.2) is 5.79 Å². The van der Waals surface area contributed by atoms with Gasteiger partial charge in [0.05, 0.1) is 5.03 Å². The second-order valence-electron chi connectivity index (χ2n) is 9.11. The number of rotatable bonds is 4. The number of allylic oxidation sites excluding steroid dienone is 1. The molecule has 0 spiro atoms. The summed E-state index contributed by atoms with van der Waals surface area (Å²) in [5.74, 6) is -4.18. The molecular formula is C25H24ClF5N4O. The molecule has 3 N–H and O–H groups in total. The van der Waals surface area contributed by atoms with Crippen LogP contribution in [0.2, 0.25) is 0 Å². The van der Waals surface area contributed by atoms with Crippen LogP contribution in [0.25, 0.3) is 5.57 Å². The zero-order chi connectivity index (χ0) is 26.3. The Morgan fingerprint density at radius 3 is 2.58 bits per heavy atom. The van der Waals surface area contributed by atoms with E-state index in [4.69, 9.17) is 17.3 Å². The summed E-state index contributed by atoms with van der Waals surface area (Å²) in [6, 6.07) is 7.05. The second-order valence-corrected chi connectivity index (χ2v) is 9.49. The molecule has 1 aliphatic carbocycles. The van der Waals surface area contributed by atoms with Gasteiger partial charge in [0.2, 0.25) is 0 Å². The van der Waals surface area contributed by atoms with Crippen molar-refractivity contribution in [1.82, 2.24) is 9.88 Å². The van der Waals surface area contributed by atoms with Gasteiger partial charge in [-0.25, -0.2) is 8.78 Å². The Kier molecular flexibility index (Phi) is 7.23. The van der Waals surface area contributed by atoms with E-state index in [1.807, 2.05) is 11.9 Å². The summed E-state index contributed by atoms with van der Waals surface area (Å²) in [7, 11) is 1.91. The van der Waals surface area contributed by atoms with Gasteiger partial charge in [0.1, 0.15) is 11.5 Å². The highest BCUT2D eigenvalue weighted by Gasteiger charge is 2.44. The minimum Gasteiger partial charge on any atom is -0.322 e. The van der Waals surface area contributed by atoms with E-state index >= 15 is 4.39 Å². The number of nitrogens with zero attached hydrogens (tertiary/aromatic N) is 2. The number of nitrogens with two attached hydrogens (primary N) is 1. The van der Waals surface area contributed by atoms with E-state index in [2.05, 4.69) is 10.3 Å². The van der Waals surface area contributed by atoms with Crippen molar-refractivity contribution in [3.8, 4) is 0 Å². The van der Waals surface area contributed by atoms with E-state index in [1.165, 1.54) is 30.3 Å². The number of pyridine rings is 1. The van der Waals surface area contributed by atoms with Crippen molar-refractivity contribution in [2.75, 3.05) is 25.5 Å². The second kappa shape index (κ2) is 9.91. The summed E-state index contributed by atoms with van der Waals surface area (Å²) >= 11 is 6.75. The number of benzene rings is 1. The Morgan fingerprint density at radius 2 is 1.94 bits per heavy atom. The van der Waals surface area contributed by atoms with Crippen molar-refractivity contribution in [3.05, 3.63) is 75.8 Å². The summed E-state index contributed by atoms with van der Waals surface area (Å²) in [6.45, 7) is 1.36. The Morgan fingerprint density at radius 1 is 1.25 bits per heavy atom. The molecule has 2 heterocycles. The third kappa shape index (κ3) is 5.45. The summed E-state index contributed by atoms with van der Waals surface area (Å²) in [6.07, 6.45) is -2.96. The molecule has 1 aliphatic heterocycles. The maximum Gasteiger partial charge on any atom is 0.433 e. The van der Waals surface area contributed by atoms with Gasteiger partial charge >= 0.3 is 6.18 Å². The fourth-order valence-corrected chi connectivity index (χ4v) is 5.17. The smallest absolute Gasteiger partial charge is 0.322 e. The molecule has 0 saturated carbocycles. The highest BCUT2D eigenvalue weighted by atomic mass is 35.5. The molecule has 2 aliphatic rings. The fraction of sp³-hybridized carbons (Fsp3) is 0.360. The summed E-state index contributed by atoms with van der Waals surface area (Å²) < 4.78 is 68.8. The average Bonchev–Trinajstić information content (AvgIpc) is 2.80. The van der Waals surface area contributed by atoms with Crippen molar-refractivity contribution >= 4 is 28.8 Å². The SMILES string of the molecule is CN1CCCC(C2=C(c3ccc(F)cc3)C(N)(F)CC(C(=O)Nc3ccnc(C(F)(F)F)c3)=C2Cl)C1. The minimum atomic E-state index is -4.71. The lowest BCUT2D eigenvalue weighted by atomic mass is 9.76. The van der Waals surface area contributed by atoms with Crippen molar-refractivity contribution in [2.45, 2.75) is 31.2 Å². The minimum absolute atomic E-state index is 0.00375. The number of aromatic nitrogens is 1. The number of nitrogens with one attached hydrogen (secondary N) is 1. The number of carbonyl (C=O) groups excluding carboxylic acids is 1. The van der Waals surface area contributed by atoms with Crippen LogP contribution < -0.4 is 11.1 Å². The molecule has 1 fully saturated rings. The van der Waals surface area contributed by atoms with E-state index in [0.717, 1.165) is 19.2 Å². The lowest BCUT2D eigenvalue weighted by Gasteiger charge is -2.39. The molecule has 1 aromatic heterocycles. The van der Waals surface area contributed by atoms with Gasteiger partial charge in [-0.3, -0.25) is 15.5 Å². The molecule has 11 heteroatoms. The van der Waals surface area contributed by atoms with Gasteiger partial charge in [0.25, 0.3) is 5.91 Å². The van der Waals surface area contributed by atoms with Crippen LogP contribution in [-0.2, 0) is 11.0 Å². The topological polar surface area (TPSA) is 71.2 Å².